The minimum Gasteiger partial charge on any atom is -0.374 e. The third-order valence-corrected chi connectivity index (χ3v) is 2.34. The zero-order valence-corrected chi connectivity index (χ0v) is 9.14. The maximum Gasteiger partial charge on any atom is 0.239 e. The molecule has 0 saturated carbocycles. The van der Waals surface area contributed by atoms with Gasteiger partial charge < -0.3 is 11.1 Å². The lowest BCUT2D eigenvalue weighted by molar-refractivity contribution is -0.118. The van der Waals surface area contributed by atoms with E-state index >= 15 is 0 Å². The van der Waals surface area contributed by atoms with Crippen molar-refractivity contribution in [3.63, 3.8) is 0 Å². The van der Waals surface area contributed by atoms with Crippen LogP contribution in [0.1, 0.15) is 6.92 Å². The minimum absolute atomic E-state index is 0.345. The van der Waals surface area contributed by atoms with Crippen LogP contribution < -0.4 is 11.1 Å². The van der Waals surface area contributed by atoms with E-state index in [0.717, 1.165) is 0 Å². The van der Waals surface area contributed by atoms with Crippen LogP contribution >= 0.6 is 15.9 Å². The third kappa shape index (κ3) is 2.70. The van der Waals surface area contributed by atoms with Crippen LogP contribution in [0.25, 0.3) is 0 Å². The van der Waals surface area contributed by atoms with E-state index in [2.05, 4.69) is 21.2 Å². The first kappa shape index (κ1) is 11.0. The number of primary amides is 1. The van der Waals surface area contributed by atoms with Crippen LogP contribution in [0.5, 0.6) is 0 Å². The summed E-state index contributed by atoms with van der Waals surface area (Å²) in [5, 5.41) is 2.84. The Labute approximate surface area is 89.6 Å². The van der Waals surface area contributed by atoms with Crippen LogP contribution in [0, 0.1) is 5.82 Å². The number of carbonyl (C=O) groups is 1. The molecule has 0 aromatic heterocycles. The Bertz CT molecular complexity index is 357. The van der Waals surface area contributed by atoms with Crippen LogP contribution in [-0.2, 0) is 4.79 Å². The molecule has 5 heteroatoms. The van der Waals surface area contributed by atoms with Gasteiger partial charge in [-0.05, 0) is 41.1 Å². The predicted octanol–water partition coefficient (Wildman–Crippen LogP) is 1.87. The third-order valence-electron chi connectivity index (χ3n) is 1.73. The van der Waals surface area contributed by atoms with Crippen molar-refractivity contribution in [2.24, 2.45) is 5.73 Å². The van der Waals surface area contributed by atoms with Gasteiger partial charge in [-0.3, -0.25) is 4.79 Å². The van der Waals surface area contributed by atoms with Crippen molar-refractivity contribution < 1.29 is 9.18 Å². The molecule has 0 spiro atoms. The summed E-state index contributed by atoms with van der Waals surface area (Å²) in [6, 6.07) is 3.92. The summed E-state index contributed by atoms with van der Waals surface area (Å²) in [4.78, 5) is 10.7. The number of amides is 1. The smallest absolute Gasteiger partial charge is 0.239 e. The molecule has 0 saturated heterocycles. The van der Waals surface area contributed by atoms with Gasteiger partial charge in [-0.15, -0.1) is 0 Å². The number of carbonyl (C=O) groups excluding carboxylic acids is 1. The van der Waals surface area contributed by atoms with E-state index in [1.165, 1.54) is 6.07 Å². The Hall–Kier alpha value is -1.10. The highest BCUT2D eigenvalue weighted by atomic mass is 79.9. The number of nitrogens with two attached hydrogens (primary N) is 1. The fraction of sp³-hybridized carbons (Fsp3) is 0.222. The van der Waals surface area contributed by atoms with Crippen molar-refractivity contribution in [2.75, 3.05) is 5.32 Å². The molecule has 1 atom stereocenters. The normalized spacial score (nSPS) is 12.2. The lowest BCUT2D eigenvalue weighted by atomic mass is 10.2. The van der Waals surface area contributed by atoms with Crippen molar-refractivity contribution in [1.82, 2.24) is 0 Å². The van der Waals surface area contributed by atoms with Gasteiger partial charge in [0, 0.05) is 5.69 Å². The first-order chi connectivity index (χ1) is 6.50. The lowest BCUT2D eigenvalue weighted by Gasteiger charge is -2.11. The quantitative estimate of drug-likeness (QED) is 0.872. The Kier molecular flexibility index (Phi) is 3.46. The zero-order chi connectivity index (χ0) is 10.7. The first-order valence-corrected chi connectivity index (χ1v) is 4.81. The van der Waals surface area contributed by atoms with Crippen LogP contribution in [0.15, 0.2) is 22.7 Å². The molecule has 3 N–H and O–H groups in total. The van der Waals surface area contributed by atoms with E-state index in [0.29, 0.717) is 10.2 Å². The highest BCUT2D eigenvalue weighted by Crippen LogP contribution is 2.20. The molecule has 0 aliphatic heterocycles. The second-order valence-corrected chi connectivity index (χ2v) is 3.75. The fourth-order valence-corrected chi connectivity index (χ4v) is 1.29. The summed E-state index contributed by atoms with van der Waals surface area (Å²) in [6.07, 6.45) is 0. The molecule has 3 nitrogen and oxygen atoms in total. The zero-order valence-electron chi connectivity index (χ0n) is 7.55. The van der Waals surface area contributed by atoms with Gasteiger partial charge in [-0.1, -0.05) is 0 Å². The van der Waals surface area contributed by atoms with Crippen molar-refractivity contribution in [2.45, 2.75) is 13.0 Å². The Balaban J connectivity index is 2.78. The minimum atomic E-state index is -0.479. The molecule has 1 aromatic rings. The fourth-order valence-electron chi connectivity index (χ4n) is 0.907. The average Bonchev–Trinajstić information content (AvgIpc) is 2.11. The molecule has 0 aliphatic carbocycles. The first-order valence-electron chi connectivity index (χ1n) is 4.01. The van der Waals surface area contributed by atoms with Gasteiger partial charge in [-0.2, -0.15) is 0 Å². The van der Waals surface area contributed by atoms with Crippen LogP contribution in [0.4, 0.5) is 10.1 Å². The van der Waals surface area contributed by atoms with Crippen molar-refractivity contribution in [1.29, 1.82) is 0 Å². The molecule has 0 heterocycles. The Morgan fingerprint density at radius 1 is 1.64 bits per heavy atom. The average molecular weight is 261 g/mol. The summed E-state index contributed by atoms with van der Waals surface area (Å²) in [7, 11) is 0. The highest BCUT2D eigenvalue weighted by Gasteiger charge is 2.08. The summed E-state index contributed by atoms with van der Waals surface area (Å²) in [5.74, 6) is -0.798. The van der Waals surface area contributed by atoms with Crippen molar-refractivity contribution in [3.8, 4) is 0 Å². The highest BCUT2D eigenvalue weighted by molar-refractivity contribution is 9.10. The summed E-state index contributed by atoms with van der Waals surface area (Å²) in [6.45, 7) is 1.64. The number of hydrogen-bond donors (Lipinski definition) is 2. The Morgan fingerprint density at radius 2 is 2.29 bits per heavy atom. The topological polar surface area (TPSA) is 55.1 Å². The molecule has 1 aromatic carbocycles. The van der Waals surface area contributed by atoms with Gasteiger partial charge in [0.1, 0.15) is 11.9 Å². The summed E-state index contributed by atoms with van der Waals surface area (Å²) < 4.78 is 13.2. The number of benzene rings is 1. The second-order valence-electron chi connectivity index (χ2n) is 2.90. The predicted molar refractivity (Wildman–Crippen MR) is 56.4 cm³/mol. The number of anilines is 1. The van der Waals surface area contributed by atoms with E-state index in [9.17, 15) is 9.18 Å². The van der Waals surface area contributed by atoms with Crippen molar-refractivity contribution in [3.05, 3.63) is 28.5 Å². The number of rotatable bonds is 3. The van der Waals surface area contributed by atoms with Gasteiger partial charge >= 0.3 is 0 Å². The number of hydrogen-bond acceptors (Lipinski definition) is 2. The van der Waals surface area contributed by atoms with Crippen molar-refractivity contribution >= 4 is 27.5 Å². The van der Waals surface area contributed by atoms with Crippen LogP contribution in [0.3, 0.4) is 0 Å². The number of nitrogens with one attached hydrogen (secondary N) is 1. The molecule has 0 radical (unpaired) electrons. The van der Waals surface area contributed by atoms with E-state index in [1.54, 1.807) is 19.1 Å². The molecule has 1 amide bonds. The largest absolute Gasteiger partial charge is 0.374 e. The van der Waals surface area contributed by atoms with Gasteiger partial charge in [0.05, 0.1) is 4.47 Å². The molecule has 1 unspecified atom stereocenters. The lowest BCUT2D eigenvalue weighted by Crippen LogP contribution is -2.32. The molecular weight excluding hydrogens is 251 g/mol. The Morgan fingerprint density at radius 3 is 2.79 bits per heavy atom. The maximum atomic E-state index is 12.8. The molecule has 14 heavy (non-hydrogen) atoms. The van der Waals surface area contributed by atoms with E-state index in [1.807, 2.05) is 0 Å². The standard InChI is InChI=1S/C9H10BrFN2O/c1-5(9(12)14)13-6-2-3-8(11)7(10)4-6/h2-5,13H,1H3,(H2,12,14). The molecule has 1 rings (SSSR count). The maximum absolute atomic E-state index is 12.8. The van der Waals surface area contributed by atoms with Crippen LogP contribution in [-0.4, -0.2) is 11.9 Å². The van der Waals surface area contributed by atoms with Gasteiger partial charge in [0.25, 0.3) is 0 Å². The van der Waals surface area contributed by atoms with Gasteiger partial charge in [0.15, 0.2) is 0 Å². The monoisotopic (exact) mass is 260 g/mol. The van der Waals surface area contributed by atoms with Gasteiger partial charge in [0.2, 0.25) is 5.91 Å². The SMILES string of the molecule is CC(Nc1ccc(F)c(Br)c1)C(N)=O. The molecule has 0 aliphatic rings. The molecule has 0 fully saturated rings. The second kappa shape index (κ2) is 4.41. The molecular formula is C9H10BrFN2O. The van der Waals surface area contributed by atoms with E-state index in [4.69, 9.17) is 5.73 Å². The summed E-state index contributed by atoms with van der Waals surface area (Å²) in [5.41, 5.74) is 5.71. The van der Waals surface area contributed by atoms with E-state index in [-0.39, 0.29) is 5.82 Å². The van der Waals surface area contributed by atoms with Crippen LogP contribution in [0.2, 0.25) is 0 Å². The summed E-state index contributed by atoms with van der Waals surface area (Å²) >= 11 is 3.04. The number of halogens is 2. The van der Waals surface area contributed by atoms with Gasteiger partial charge in [-0.25, -0.2) is 4.39 Å². The molecule has 0 bridgehead atoms. The molecule has 76 valence electrons. The van der Waals surface area contributed by atoms with E-state index < -0.39 is 11.9 Å².